The molecule has 98 valence electrons. The van der Waals surface area contributed by atoms with Crippen LogP contribution in [0.3, 0.4) is 0 Å². The molecule has 3 nitrogen and oxygen atoms in total. The summed E-state index contributed by atoms with van der Waals surface area (Å²) in [6.07, 6.45) is -4.43. The SMILES string of the molecule is O=C([O-])[C@H]1CS[C@H](c2ccccc2C(F)(F)F)[NH2+]1. The highest BCUT2D eigenvalue weighted by atomic mass is 32.2. The normalized spacial score (nSPS) is 24.2. The molecular formula is C11H10F3NO2S. The van der Waals surface area contributed by atoms with Crippen molar-refractivity contribution in [3.05, 3.63) is 35.4 Å². The number of rotatable bonds is 2. The fourth-order valence-corrected chi connectivity index (χ4v) is 3.22. The molecule has 1 saturated heterocycles. The summed E-state index contributed by atoms with van der Waals surface area (Å²) in [4.78, 5) is 10.7. The molecule has 0 amide bonds. The van der Waals surface area contributed by atoms with E-state index in [1.54, 1.807) is 0 Å². The smallest absolute Gasteiger partial charge is 0.416 e. The first-order valence-corrected chi connectivity index (χ1v) is 6.28. The zero-order valence-electron chi connectivity index (χ0n) is 9.11. The van der Waals surface area contributed by atoms with Crippen molar-refractivity contribution in [3.8, 4) is 0 Å². The number of carboxylic acids is 1. The Bertz CT molecular complexity index is 464. The van der Waals surface area contributed by atoms with E-state index in [2.05, 4.69) is 0 Å². The van der Waals surface area contributed by atoms with E-state index in [1.165, 1.54) is 35.3 Å². The Morgan fingerprint density at radius 1 is 1.39 bits per heavy atom. The molecule has 7 heteroatoms. The molecule has 0 unspecified atom stereocenters. The van der Waals surface area contributed by atoms with Crippen molar-refractivity contribution in [2.75, 3.05) is 5.75 Å². The summed E-state index contributed by atoms with van der Waals surface area (Å²) in [5.41, 5.74) is -0.600. The van der Waals surface area contributed by atoms with Gasteiger partial charge in [0.05, 0.1) is 11.3 Å². The van der Waals surface area contributed by atoms with E-state index in [1.807, 2.05) is 0 Å². The lowest BCUT2D eigenvalue weighted by atomic mass is 10.1. The number of alkyl halides is 3. The third-order valence-electron chi connectivity index (χ3n) is 2.74. The Morgan fingerprint density at radius 3 is 2.61 bits per heavy atom. The van der Waals surface area contributed by atoms with Crippen LogP contribution in [0.2, 0.25) is 0 Å². The van der Waals surface area contributed by atoms with Crippen molar-refractivity contribution >= 4 is 17.7 Å². The summed E-state index contributed by atoms with van der Waals surface area (Å²) in [5, 5.41) is 11.5. The van der Waals surface area contributed by atoms with E-state index >= 15 is 0 Å². The van der Waals surface area contributed by atoms with Crippen molar-refractivity contribution in [2.24, 2.45) is 0 Å². The molecule has 2 N–H and O–H groups in total. The highest BCUT2D eigenvalue weighted by Gasteiger charge is 2.39. The maximum atomic E-state index is 12.8. The minimum absolute atomic E-state index is 0.110. The van der Waals surface area contributed by atoms with Gasteiger partial charge in [0.15, 0.2) is 5.37 Å². The molecule has 0 aromatic heterocycles. The molecule has 0 spiro atoms. The van der Waals surface area contributed by atoms with Gasteiger partial charge in [-0.3, -0.25) is 0 Å². The van der Waals surface area contributed by atoms with E-state index in [-0.39, 0.29) is 11.3 Å². The Balaban J connectivity index is 2.27. The van der Waals surface area contributed by atoms with Gasteiger partial charge in [-0.15, -0.1) is 0 Å². The van der Waals surface area contributed by atoms with Gasteiger partial charge in [0.2, 0.25) is 0 Å². The Labute approximate surface area is 105 Å². The predicted octanol–water partition coefficient (Wildman–Crippen LogP) is 0.133. The number of benzene rings is 1. The minimum Gasteiger partial charge on any atom is -0.544 e. The number of hydrogen-bond donors (Lipinski definition) is 1. The van der Waals surface area contributed by atoms with Gasteiger partial charge >= 0.3 is 6.18 Å². The van der Waals surface area contributed by atoms with Crippen molar-refractivity contribution in [3.63, 3.8) is 0 Å². The number of aliphatic carboxylic acids is 1. The molecule has 18 heavy (non-hydrogen) atoms. The minimum atomic E-state index is -4.43. The van der Waals surface area contributed by atoms with Gasteiger partial charge in [-0.1, -0.05) is 30.0 Å². The van der Waals surface area contributed by atoms with Crippen molar-refractivity contribution in [1.29, 1.82) is 0 Å². The summed E-state index contributed by atoms with van der Waals surface area (Å²) in [6, 6.07) is 4.44. The van der Waals surface area contributed by atoms with E-state index < -0.39 is 29.1 Å². The monoisotopic (exact) mass is 277 g/mol. The molecule has 0 radical (unpaired) electrons. The second-order valence-corrected chi connectivity index (χ2v) is 5.13. The van der Waals surface area contributed by atoms with Crippen LogP contribution in [0.5, 0.6) is 0 Å². The van der Waals surface area contributed by atoms with Crippen LogP contribution in [0.25, 0.3) is 0 Å². The number of halogens is 3. The molecule has 1 heterocycles. The predicted molar refractivity (Wildman–Crippen MR) is 57.4 cm³/mol. The van der Waals surface area contributed by atoms with Crippen LogP contribution in [0, 0.1) is 0 Å². The van der Waals surface area contributed by atoms with Gasteiger partial charge in [-0.25, -0.2) is 0 Å². The molecule has 0 bridgehead atoms. The lowest BCUT2D eigenvalue weighted by molar-refractivity contribution is -0.690. The van der Waals surface area contributed by atoms with Gasteiger partial charge in [0.25, 0.3) is 0 Å². The third-order valence-corrected chi connectivity index (χ3v) is 4.06. The van der Waals surface area contributed by atoms with Crippen molar-refractivity contribution in [2.45, 2.75) is 17.6 Å². The van der Waals surface area contributed by atoms with Gasteiger partial charge in [-0.2, -0.15) is 13.2 Å². The van der Waals surface area contributed by atoms with Crippen LogP contribution < -0.4 is 10.4 Å². The topological polar surface area (TPSA) is 56.7 Å². The van der Waals surface area contributed by atoms with Gasteiger partial charge < -0.3 is 15.2 Å². The van der Waals surface area contributed by atoms with Gasteiger partial charge in [-0.05, 0) is 6.07 Å². The van der Waals surface area contributed by atoms with Gasteiger partial charge in [0, 0.05) is 5.56 Å². The highest BCUT2D eigenvalue weighted by Crippen LogP contribution is 2.37. The zero-order chi connectivity index (χ0) is 13.3. The lowest BCUT2D eigenvalue weighted by Gasteiger charge is -2.16. The van der Waals surface area contributed by atoms with Gasteiger partial charge in [0.1, 0.15) is 12.0 Å². The Morgan fingerprint density at radius 2 is 2.06 bits per heavy atom. The molecule has 1 aromatic carbocycles. The van der Waals surface area contributed by atoms with E-state index in [0.29, 0.717) is 0 Å². The fourth-order valence-electron chi connectivity index (χ4n) is 1.87. The summed E-state index contributed by atoms with van der Waals surface area (Å²) in [5.74, 6) is -0.992. The van der Waals surface area contributed by atoms with Crippen molar-refractivity contribution < 1.29 is 28.4 Å². The summed E-state index contributed by atoms with van der Waals surface area (Å²) in [6.45, 7) is 0. The zero-order valence-corrected chi connectivity index (χ0v) is 9.92. The average Bonchev–Trinajstić information content (AvgIpc) is 2.77. The maximum Gasteiger partial charge on any atom is 0.416 e. The first-order chi connectivity index (χ1) is 8.39. The van der Waals surface area contributed by atoms with Crippen LogP contribution >= 0.6 is 11.8 Å². The maximum absolute atomic E-state index is 12.8. The van der Waals surface area contributed by atoms with E-state index in [4.69, 9.17) is 0 Å². The number of carbonyl (C=O) groups is 1. The highest BCUT2D eigenvalue weighted by molar-refractivity contribution is 7.99. The molecule has 2 rings (SSSR count). The fraction of sp³-hybridized carbons (Fsp3) is 0.364. The number of hydrogen-bond acceptors (Lipinski definition) is 3. The first-order valence-electron chi connectivity index (χ1n) is 5.23. The molecule has 0 aliphatic carbocycles. The molecule has 0 saturated carbocycles. The van der Waals surface area contributed by atoms with Crippen LogP contribution in [0.1, 0.15) is 16.5 Å². The number of carboxylic acid groups (broad SMARTS) is 1. The number of nitrogens with two attached hydrogens (primary N) is 1. The number of carbonyl (C=O) groups excluding carboxylic acids is 1. The second-order valence-electron chi connectivity index (χ2n) is 3.96. The van der Waals surface area contributed by atoms with Crippen LogP contribution in [-0.2, 0) is 11.0 Å². The lowest BCUT2D eigenvalue weighted by Crippen LogP contribution is -2.90. The molecule has 2 atom stereocenters. The molecule has 1 aliphatic rings. The summed E-state index contributed by atoms with van der Waals surface area (Å²) < 4.78 is 38.4. The first kappa shape index (κ1) is 13.2. The molecule has 1 aliphatic heterocycles. The van der Waals surface area contributed by atoms with E-state index in [9.17, 15) is 23.1 Å². The average molecular weight is 277 g/mol. The standard InChI is InChI=1S/C11H10F3NO2S/c12-11(13,14)7-4-2-1-3-6(7)9-15-8(5-18-9)10(16)17/h1-4,8-9,15H,5H2,(H,16,17)/t8-,9-/m1/s1. The van der Waals surface area contributed by atoms with E-state index in [0.717, 1.165) is 6.07 Å². The molecule has 1 aromatic rings. The number of thioether (sulfide) groups is 1. The molecular weight excluding hydrogens is 267 g/mol. The Kier molecular flexibility index (Phi) is 3.54. The van der Waals surface area contributed by atoms with Crippen molar-refractivity contribution in [1.82, 2.24) is 0 Å². The quantitative estimate of drug-likeness (QED) is 0.836. The summed E-state index contributed by atoms with van der Waals surface area (Å²) >= 11 is 1.19. The Hall–Kier alpha value is -1.21. The van der Waals surface area contributed by atoms with Crippen LogP contribution in [-0.4, -0.2) is 17.8 Å². The number of quaternary nitrogens is 1. The largest absolute Gasteiger partial charge is 0.544 e. The second kappa shape index (κ2) is 4.81. The van der Waals surface area contributed by atoms with Crippen LogP contribution in [0.4, 0.5) is 13.2 Å². The third kappa shape index (κ3) is 2.62. The molecule has 1 fully saturated rings. The van der Waals surface area contributed by atoms with Crippen LogP contribution in [0.15, 0.2) is 24.3 Å². The summed E-state index contributed by atoms with van der Waals surface area (Å²) in [7, 11) is 0.